The first kappa shape index (κ1) is 21.7. The van der Waals surface area contributed by atoms with Crippen LogP contribution in [0.15, 0.2) is 40.0 Å². The molecule has 4 heterocycles. The van der Waals surface area contributed by atoms with Gasteiger partial charge < -0.3 is 20.4 Å². The van der Waals surface area contributed by atoms with Gasteiger partial charge in [-0.05, 0) is 19.4 Å². The zero-order chi connectivity index (χ0) is 21.6. The number of β-lactam (4-membered cyclic amide) rings is 1. The van der Waals surface area contributed by atoms with Crippen LogP contribution in [0.5, 0.6) is 0 Å². The summed E-state index contributed by atoms with van der Waals surface area (Å²) in [6.07, 6.45) is 4.31. The smallest absolute Gasteiger partial charge is 0.353 e. The molecular weight excluding hydrogens is 422 g/mol. The molecule has 0 aliphatic carbocycles. The number of carbonyl (C=O) groups is 2. The van der Waals surface area contributed by atoms with Crippen molar-refractivity contribution in [1.82, 2.24) is 10.2 Å². The molecule has 1 aromatic rings. The van der Waals surface area contributed by atoms with E-state index in [4.69, 9.17) is 0 Å². The Morgan fingerprint density at radius 1 is 1.47 bits per heavy atom. The minimum atomic E-state index is -1.06. The fourth-order valence-corrected chi connectivity index (χ4v) is 7.28. The molecule has 0 spiro atoms. The Bertz CT molecular complexity index is 891. The number of thioether (sulfide) groups is 2. The fourth-order valence-electron chi connectivity index (χ4n) is 4.70. The molecule has 1 amide bonds. The average Bonchev–Trinajstić information content (AvgIpc) is 3.22. The van der Waals surface area contributed by atoms with Crippen molar-refractivity contribution in [1.29, 1.82) is 0 Å². The van der Waals surface area contributed by atoms with E-state index in [1.54, 1.807) is 18.7 Å². The number of carbonyl (C=O) groups excluding carboxylic acids is 1. The summed E-state index contributed by atoms with van der Waals surface area (Å²) in [5, 5.41) is 23.6. The molecular formula is C21H28N3O4S2+. The van der Waals surface area contributed by atoms with Gasteiger partial charge in [0, 0.05) is 40.5 Å². The third-order valence-corrected chi connectivity index (χ3v) is 8.81. The SMILES string of the molecule is C[C@@H](O)[C@H]1C(=O)N2C(C(=O)O)=C(S[C@@H]3CN[C@H](CSc4ccc[n+](C)c4)C3)[C@H](C)[C@H]12. The molecule has 0 bridgehead atoms. The van der Waals surface area contributed by atoms with Crippen LogP contribution in [0.3, 0.4) is 0 Å². The van der Waals surface area contributed by atoms with E-state index >= 15 is 0 Å². The number of aliphatic hydroxyl groups is 1. The quantitative estimate of drug-likeness (QED) is 0.327. The lowest BCUT2D eigenvalue weighted by atomic mass is 9.79. The van der Waals surface area contributed by atoms with Crippen molar-refractivity contribution >= 4 is 35.4 Å². The van der Waals surface area contributed by atoms with Gasteiger partial charge in [-0.15, -0.1) is 23.5 Å². The summed E-state index contributed by atoms with van der Waals surface area (Å²) in [6.45, 7) is 4.40. The molecule has 30 heavy (non-hydrogen) atoms. The number of fused-ring (bicyclic) bond motifs is 1. The Morgan fingerprint density at radius 2 is 2.23 bits per heavy atom. The molecule has 7 nitrogen and oxygen atoms in total. The Morgan fingerprint density at radius 3 is 2.90 bits per heavy atom. The largest absolute Gasteiger partial charge is 0.477 e. The van der Waals surface area contributed by atoms with Gasteiger partial charge >= 0.3 is 5.97 Å². The highest BCUT2D eigenvalue weighted by atomic mass is 32.2. The first-order chi connectivity index (χ1) is 14.3. The number of nitrogens with one attached hydrogen (secondary N) is 1. The van der Waals surface area contributed by atoms with Gasteiger partial charge in [0.15, 0.2) is 12.4 Å². The Balaban J connectivity index is 1.40. The van der Waals surface area contributed by atoms with Gasteiger partial charge in [-0.3, -0.25) is 4.79 Å². The maximum atomic E-state index is 12.5. The van der Waals surface area contributed by atoms with Crippen LogP contribution in [0, 0.1) is 11.8 Å². The van der Waals surface area contributed by atoms with Crippen molar-refractivity contribution in [2.24, 2.45) is 18.9 Å². The lowest BCUT2D eigenvalue weighted by molar-refractivity contribution is -0.673. The number of nitrogens with zero attached hydrogens (tertiary/aromatic N) is 2. The van der Waals surface area contributed by atoms with Crippen molar-refractivity contribution in [2.75, 3.05) is 12.3 Å². The van der Waals surface area contributed by atoms with Gasteiger partial charge in [0.05, 0.1) is 23.0 Å². The number of carboxylic acid groups (broad SMARTS) is 1. The van der Waals surface area contributed by atoms with Crippen LogP contribution in [-0.4, -0.2) is 62.7 Å². The molecule has 3 aliphatic rings. The second-order valence-corrected chi connectivity index (χ2v) is 10.8. The second-order valence-electron chi connectivity index (χ2n) is 8.37. The lowest BCUT2D eigenvalue weighted by Gasteiger charge is -2.46. The van der Waals surface area contributed by atoms with Crippen LogP contribution in [0.4, 0.5) is 0 Å². The first-order valence-electron chi connectivity index (χ1n) is 10.2. The van der Waals surface area contributed by atoms with Gasteiger partial charge in [0.25, 0.3) is 0 Å². The molecule has 6 atom stereocenters. The molecule has 2 fully saturated rings. The minimum absolute atomic E-state index is 0.0730. The maximum absolute atomic E-state index is 12.5. The van der Waals surface area contributed by atoms with Crippen LogP contribution in [-0.2, 0) is 16.6 Å². The van der Waals surface area contributed by atoms with Gasteiger partial charge in [0.1, 0.15) is 12.7 Å². The summed E-state index contributed by atoms with van der Waals surface area (Å²) in [5.74, 6) is -0.954. The van der Waals surface area contributed by atoms with Crippen LogP contribution in [0.25, 0.3) is 0 Å². The van der Waals surface area contributed by atoms with Crippen molar-refractivity contribution in [3.63, 3.8) is 0 Å². The van der Waals surface area contributed by atoms with E-state index in [0.29, 0.717) is 6.04 Å². The zero-order valence-electron chi connectivity index (χ0n) is 17.3. The molecule has 162 valence electrons. The molecule has 1 aromatic heterocycles. The van der Waals surface area contributed by atoms with Gasteiger partial charge in [-0.2, -0.15) is 0 Å². The Kier molecular flexibility index (Phi) is 6.16. The number of rotatable bonds is 7. The molecule has 3 N–H and O–H groups in total. The Labute approximate surface area is 184 Å². The summed E-state index contributed by atoms with van der Waals surface area (Å²) >= 11 is 3.42. The third-order valence-electron chi connectivity index (χ3n) is 6.15. The number of aryl methyl sites for hydroxylation is 1. The maximum Gasteiger partial charge on any atom is 0.353 e. The normalized spacial score (nSPS) is 31.7. The first-order valence-corrected chi connectivity index (χ1v) is 12.1. The van der Waals surface area contributed by atoms with Crippen molar-refractivity contribution in [3.05, 3.63) is 35.1 Å². The van der Waals surface area contributed by atoms with Crippen molar-refractivity contribution < 1.29 is 24.4 Å². The number of hydrogen-bond acceptors (Lipinski definition) is 6. The molecule has 9 heteroatoms. The molecule has 0 unspecified atom stereocenters. The van der Waals surface area contributed by atoms with E-state index in [-0.39, 0.29) is 28.8 Å². The van der Waals surface area contributed by atoms with Crippen LogP contribution in [0.1, 0.15) is 20.3 Å². The number of pyridine rings is 1. The van der Waals surface area contributed by atoms with Gasteiger partial charge in [-0.1, -0.05) is 6.92 Å². The van der Waals surface area contributed by atoms with Crippen LogP contribution < -0.4 is 9.88 Å². The topological polar surface area (TPSA) is 93.8 Å². The molecule has 0 saturated carbocycles. The van der Waals surface area contributed by atoms with Crippen LogP contribution in [0.2, 0.25) is 0 Å². The predicted molar refractivity (Wildman–Crippen MR) is 116 cm³/mol. The van der Waals surface area contributed by atoms with Crippen molar-refractivity contribution in [2.45, 2.75) is 48.6 Å². The highest BCUT2D eigenvalue weighted by Gasteiger charge is 2.60. The summed E-state index contributed by atoms with van der Waals surface area (Å²) in [7, 11) is 2.01. The number of aromatic nitrogens is 1. The zero-order valence-corrected chi connectivity index (χ0v) is 18.9. The number of hydrogen-bond donors (Lipinski definition) is 3. The summed E-state index contributed by atoms with van der Waals surface area (Å²) in [4.78, 5) is 27.8. The summed E-state index contributed by atoms with van der Waals surface area (Å²) in [6, 6.07) is 4.27. The number of aliphatic carboxylic acids is 1. The Hall–Kier alpha value is -1.55. The minimum Gasteiger partial charge on any atom is -0.477 e. The van der Waals surface area contributed by atoms with E-state index < -0.39 is 18.0 Å². The predicted octanol–water partition coefficient (Wildman–Crippen LogP) is 1.22. The molecule has 4 rings (SSSR count). The molecule has 3 aliphatic heterocycles. The molecule has 0 radical (unpaired) electrons. The van der Waals surface area contributed by atoms with E-state index in [1.165, 1.54) is 9.80 Å². The lowest BCUT2D eigenvalue weighted by Crippen LogP contribution is -2.63. The summed E-state index contributed by atoms with van der Waals surface area (Å²) in [5.41, 5.74) is 0.119. The third kappa shape index (κ3) is 3.88. The van der Waals surface area contributed by atoms with E-state index in [0.717, 1.165) is 23.6 Å². The highest BCUT2D eigenvalue weighted by molar-refractivity contribution is 8.03. The second kappa shape index (κ2) is 8.53. The van der Waals surface area contributed by atoms with E-state index in [2.05, 4.69) is 17.6 Å². The van der Waals surface area contributed by atoms with Crippen molar-refractivity contribution in [3.8, 4) is 0 Å². The number of aliphatic hydroxyl groups excluding tert-OH is 1. The monoisotopic (exact) mass is 450 g/mol. The van der Waals surface area contributed by atoms with E-state index in [1.807, 2.05) is 42.6 Å². The standard InChI is InChI=1S/C21H27N3O4S2/c1-11-17-16(12(2)25)20(26)24(17)18(21(27)28)19(11)30-15-7-13(22-8-15)10-29-14-5-4-6-23(3)9-14/h4-6,9,11-13,15-17,22,25H,7-8,10H2,1-3H3/p+1/t11-,12-,13+,15+,16-,17-/m1/s1. The number of amides is 1. The fraction of sp³-hybridized carbons (Fsp3) is 0.571. The molecule has 0 aromatic carbocycles. The summed E-state index contributed by atoms with van der Waals surface area (Å²) < 4.78 is 2.04. The van der Waals surface area contributed by atoms with Gasteiger partial charge in [-0.25, -0.2) is 9.36 Å². The number of carboxylic acids is 1. The van der Waals surface area contributed by atoms with E-state index in [9.17, 15) is 19.8 Å². The highest BCUT2D eigenvalue weighted by Crippen LogP contribution is 2.51. The van der Waals surface area contributed by atoms with Crippen LogP contribution >= 0.6 is 23.5 Å². The molecule has 2 saturated heterocycles. The van der Waals surface area contributed by atoms with Gasteiger partial charge in [0.2, 0.25) is 5.91 Å². The average molecular weight is 451 g/mol.